The summed E-state index contributed by atoms with van der Waals surface area (Å²) in [7, 11) is 1.53. The number of hydrogen-bond donors (Lipinski definition) is 3. The van der Waals surface area contributed by atoms with Gasteiger partial charge in [-0.1, -0.05) is 0 Å². The molecule has 1 spiro atoms. The molecular formula is C12H20N4O4. The smallest absolute Gasteiger partial charge is 0.325 e. The van der Waals surface area contributed by atoms with Gasteiger partial charge in [0.2, 0.25) is 5.91 Å². The Morgan fingerprint density at radius 3 is 2.75 bits per heavy atom. The van der Waals surface area contributed by atoms with Crippen molar-refractivity contribution in [2.45, 2.75) is 18.4 Å². The minimum atomic E-state index is -0.824. The molecule has 0 aromatic heterocycles. The van der Waals surface area contributed by atoms with Crippen LogP contribution in [-0.2, 0) is 14.3 Å². The lowest BCUT2D eigenvalue weighted by Gasteiger charge is -2.30. The third-order valence-corrected chi connectivity index (χ3v) is 3.63. The number of piperidine rings is 1. The van der Waals surface area contributed by atoms with Crippen molar-refractivity contribution >= 4 is 17.8 Å². The zero-order valence-electron chi connectivity index (χ0n) is 11.5. The second-order valence-corrected chi connectivity index (χ2v) is 5.00. The van der Waals surface area contributed by atoms with Crippen LogP contribution in [0.15, 0.2) is 0 Å². The van der Waals surface area contributed by atoms with Crippen molar-refractivity contribution < 1.29 is 19.1 Å². The van der Waals surface area contributed by atoms with Gasteiger partial charge in [0.05, 0.1) is 6.61 Å². The van der Waals surface area contributed by atoms with Crippen LogP contribution in [0.25, 0.3) is 0 Å². The molecule has 8 heteroatoms. The average Bonchev–Trinajstić information content (AvgIpc) is 2.65. The van der Waals surface area contributed by atoms with Crippen molar-refractivity contribution in [3.63, 3.8) is 0 Å². The van der Waals surface area contributed by atoms with Gasteiger partial charge < -0.3 is 20.7 Å². The molecule has 2 fully saturated rings. The van der Waals surface area contributed by atoms with E-state index >= 15 is 0 Å². The highest BCUT2D eigenvalue weighted by atomic mass is 16.5. The molecule has 0 radical (unpaired) electrons. The van der Waals surface area contributed by atoms with Crippen molar-refractivity contribution in [2.75, 3.05) is 39.9 Å². The summed E-state index contributed by atoms with van der Waals surface area (Å²) < 4.78 is 4.81. The van der Waals surface area contributed by atoms with Crippen molar-refractivity contribution in [1.82, 2.24) is 20.9 Å². The summed E-state index contributed by atoms with van der Waals surface area (Å²) >= 11 is 0. The first kappa shape index (κ1) is 14.7. The minimum absolute atomic E-state index is 0.246. The maximum atomic E-state index is 12.4. The van der Waals surface area contributed by atoms with Crippen LogP contribution < -0.4 is 16.0 Å². The maximum absolute atomic E-state index is 12.4. The SMILES string of the molecule is COCCNC(=O)CN1C(=O)NC2(CCNCC2)C1=O. The number of carbonyl (C=O) groups excluding carboxylic acids is 3. The number of methoxy groups -OCH3 is 1. The number of nitrogens with one attached hydrogen (secondary N) is 3. The summed E-state index contributed by atoms with van der Waals surface area (Å²) in [5.74, 6) is -0.664. The molecule has 0 saturated carbocycles. The molecule has 8 nitrogen and oxygen atoms in total. The third-order valence-electron chi connectivity index (χ3n) is 3.63. The summed E-state index contributed by atoms with van der Waals surface area (Å²) in [6.07, 6.45) is 1.11. The zero-order valence-corrected chi connectivity index (χ0v) is 11.5. The quantitative estimate of drug-likeness (QED) is 0.418. The number of nitrogens with zero attached hydrogens (tertiary/aromatic N) is 1. The Morgan fingerprint density at radius 1 is 1.40 bits per heavy atom. The lowest BCUT2D eigenvalue weighted by atomic mass is 9.88. The van der Waals surface area contributed by atoms with Crippen LogP contribution in [0.2, 0.25) is 0 Å². The van der Waals surface area contributed by atoms with E-state index in [1.165, 1.54) is 7.11 Å². The lowest BCUT2D eigenvalue weighted by Crippen LogP contribution is -2.54. The Kier molecular flexibility index (Phi) is 4.56. The molecule has 112 valence electrons. The second-order valence-electron chi connectivity index (χ2n) is 5.00. The molecule has 2 saturated heterocycles. The van der Waals surface area contributed by atoms with Crippen molar-refractivity contribution in [2.24, 2.45) is 0 Å². The highest BCUT2D eigenvalue weighted by Gasteiger charge is 2.51. The average molecular weight is 284 g/mol. The first-order valence-corrected chi connectivity index (χ1v) is 6.69. The maximum Gasteiger partial charge on any atom is 0.325 e. The Labute approximate surface area is 117 Å². The number of ether oxygens (including phenoxy) is 1. The van der Waals surface area contributed by atoms with Crippen LogP contribution in [0.4, 0.5) is 4.79 Å². The number of hydrogen-bond acceptors (Lipinski definition) is 5. The molecule has 3 N–H and O–H groups in total. The van der Waals surface area contributed by atoms with Gasteiger partial charge in [-0.2, -0.15) is 0 Å². The van der Waals surface area contributed by atoms with E-state index in [-0.39, 0.29) is 18.4 Å². The van der Waals surface area contributed by atoms with Gasteiger partial charge in [-0.15, -0.1) is 0 Å². The van der Waals surface area contributed by atoms with E-state index in [0.717, 1.165) is 4.90 Å². The monoisotopic (exact) mass is 284 g/mol. The number of urea groups is 1. The van der Waals surface area contributed by atoms with Crippen LogP contribution in [-0.4, -0.2) is 68.2 Å². The zero-order chi connectivity index (χ0) is 14.6. The predicted octanol–water partition coefficient (Wildman–Crippen LogP) is -1.58. The number of carbonyl (C=O) groups is 3. The largest absolute Gasteiger partial charge is 0.383 e. The van der Waals surface area contributed by atoms with E-state index in [4.69, 9.17) is 4.74 Å². The van der Waals surface area contributed by atoms with E-state index in [0.29, 0.717) is 39.1 Å². The van der Waals surface area contributed by atoms with Gasteiger partial charge in [0, 0.05) is 13.7 Å². The second kappa shape index (κ2) is 6.19. The fraction of sp³-hybridized carbons (Fsp3) is 0.750. The number of amides is 4. The van der Waals surface area contributed by atoms with Gasteiger partial charge in [0.1, 0.15) is 12.1 Å². The van der Waals surface area contributed by atoms with Crippen LogP contribution in [0.3, 0.4) is 0 Å². The number of rotatable bonds is 5. The molecule has 20 heavy (non-hydrogen) atoms. The third kappa shape index (κ3) is 2.91. The van der Waals surface area contributed by atoms with E-state index in [1.807, 2.05) is 0 Å². The molecular weight excluding hydrogens is 264 g/mol. The van der Waals surface area contributed by atoms with E-state index in [2.05, 4.69) is 16.0 Å². The Morgan fingerprint density at radius 2 is 2.10 bits per heavy atom. The Balaban J connectivity index is 1.93. The highest BCUT2D eigenvalue weighted by molar-refractivity contribution is 6.09. The number of imide groups is 1. The Hall–Kier alpha value is -1.67. The molecule has 2 rings (SSSR count). The summed E-state index contributed by atoms with van der Waals surface area (Å²) in [6, 6.07) is -0.487. The molecule has 2 heterocycles. The molecule has 0 aliphatic carbocycles. The van der Waals surface area contributed by atoms with E-state index < -0.39 is 11.6 Å². The molecule has 0 unspecified atom stereocenters. The van der Waals surface area contributed by atoms with Gasteiger partial charge in [-0.3, -0.25) is 14.5 Å². The normalized spacial score (nSPS) is 21.1. The predicted molar refractivity (Wildman–Crippen MR) is 70.0 cm³/mol. The summed E-state index contributed by atoms with van der Waals surface area (Å²) in [5.41, 5.74) is -0.824. The van der Waals surface area contributed by atoms with Gasteiger partial charge in [-0.25, -0.2) is 4.79 Å². The molecule has 2 aliphatic heterocycles. The van der Waals surface area contributed by atoms with Crippen molar-refractivity contribution in [1.29, 1.82) is 0 Å². The van der Waals surface area contributed by atoms with Crippen molar-refractivity contribution in [3.05, 3.63) is 0 Å². The standard InChI is InChI=1S/C12H20N4O4/c1-20-7-6-14-9(17)8-16-10(18)12(15-11(16)19)2-4-13-5-3-12/h13H,2-8H2,1H3,(H,14,17)(H,15,19). The van der Waals surface area contributed by atoms with Gasteiger partial charge in [0.15, 0.2) is 0 Å². The molecule has 0 bridgehead atoms. The van der Waals surface area contributed by atoms with Crippen LogP contribution in [0, 0.1) is 0 Å². The minimum Gasteiger partial charge on any atom is -0.383 e. The fourth-order valence-electron chi connectivity index (χ4n) is 2.50. The highest BCUT2D eigenvalue weighted by Crippen LogP contribution is 2.26. The molecule has 0 aromatic carbocycles. The van der Waals surface area contributed by atoms with Gasteiger partial charge in [0.25, 0.3) is 5.91 Å². The fourth-order valence-corrected chi connectivity index (χ4v) is 2.50. The van der Waals surface area contributed by atoms with Crippen LogP contribution >= 0.6 is 0 Å². The van der Waals surface area contributed by atoms with Gasteiger partial charge in [-0.05, 0) is 25.9 Å². The molecule has 2 aliphatic rings. The van der Waals surface area contributed by atoms with E-state index in [9.17, 15) is 14.4 Å². The first-order valence-electron chi connectivity index (χ1n) is 6.69. The van der Waals surface area contributed by atoms with Gasteiger partial charge >= 0.3 is 6.03 Å². The summed E-state index contributed by atoms with van der Waals surface area (Å²) in [4.78, 5) is 36.9. The Bertz CT molecular complexity index is 406. The molecule has 0 atom stereocenters. The molecule has 0 aromatic rings. The topological polar surface area (TPSA) is 99.8 Å². The lowest BCUT2D eigenvalue weighted by molar-refractivity contribution is -0.135. The summed E-state index contributed by atoms with van der Waals surface area (Å²) in [5, 5.41) is 8.47. The molecule has 4 amide bonds. The summed E-state index contributed by atoms with van der Waals surface area (Å²) in [6.45, 7) is 1.86. The first-order chi connectivity index (χ1) is 9.59. The van der Waals surface area contributed by atoms with Crippen LogP contribution in [0.1, 0.15) is 12.8 Å². The van der Waals surface area contributed by atoms with Crippen LogP contribution in [0.5, 0.6) is 0 Å². The van der Waals surface area contributed by atoms with E-state index in [1.54, 1.807) is 0 Å². The van der Waals surface area contributed by atoms with Crippen molar-refractivity contribution in [3.8, 4) is 0 Å².